The van der Waals surface area contributed by atoms with E-state index in [0.29, 0.717) is 15.9 Å². The summed E-state index contributed by atoms with van der Waals surface area (Å²) in [6, 6.07) is 5.69. The highest BCUT2D eigenvalue weighted by Crippen LogP contribution is 2.30. The zero-order valence-electron chi connectivity index (χ0n) is 10.0. The van der Waals surface area contributed by atoms with E-state index in [9.17, 15) is 4.79 Å². The molecule has 0 amide bonds. The fraction of sp³-hybridized carbons (Fsp3) is 0. The van der Waals surface area contributed by atoms with E-state index in [0.717, 1.165) is 16.9 Å². The van der Waals surface area contributed by atoms with Gasteiger partial charge in [0.1, 0.15) is 10.7 Å². The molecule has 0 aromatic carbocycles. The summed E-state index contributed by atoms with van der Waals surface area (Å²) in [5, 5.41) is 11.5. The third-order valence-corrected chi connectivity index (χ3v) is 4.56. The summed E-state index contributed by atoms with van der Waals surface area (Å²) in [5.74, 6) is 0. The Morgan fingerprint density at radius 3 is 3.05 bits per heavy atom. The molecular formula is C12H7N5OS2. The van der Waals surface area contributed by atoms with Crippen LogP contribution >= 0.6 is 23.1 Å². The fourth-order valence-corrected chi connectivity index (χ4v) is 3.61. The molecule has 98 valence electrons. The van der Waals surface area contributed by atoms with Crippen molar-refractivity contribution in [1.29, 1.82) is 0 Å². The molecule has 20 heavy (non-hydrogen) atoms. The first-order chi connectivity index (χ1) is 9.86. The SMILES string of the molecule is O=Cc1c(Sc2nnc3ccccn23)nc2sccn12. The van der Waals surface area contributed by atoms with Gasteiger partial charge in [-0.3, -0.25) is 13.6 Å². The molecule has 0 aliphatic rings. The lowest BCUT2D eigenvalue weighted by Crippen LogP contribution is -1.90. The Balaban J connectivity index is 1.84. The van der Waals surface area contributed by atoms with Gasteiger partial charge in [-0.25, -0.2) is 4.98 Å². The second-order valence-corrected chi connectivity index (χ2v) is 5.82. The Hall–Kier alpha value is -2.19. The van der Waals surface area contributed by atoms with Crippen molar-refractivity contribution in [3.05, 3.63) is 41.7 Å². The van der Waals surface area contributed by atoms with Gasteiger partial charge in [0.25, 0.3) is 0 Å². The van der Waals surface area contributed by atoms with Crippen LogP contribution in [0, 0.1) is 0 Å². The fourth-order valence-electron chi connectivity index (χ4n) is 1.94. The molecule has 0 saturated heterocycles. The first kappa shape index (κ1) is 11.6. The van der Waals surface area contributed by atoms with Gasteiger partial charge < -0.3 is 0 Å². The second kappa shape index (κ2) is 4.43. The highest BCUT2D eigenvalue weighted by Gasteiger charge is 2.16. The molecule has 4 heterocycles. The van der Waals surface area contributed by atoms with Gasteiger partial charge in [0, 0.05) is 17.8 Å². The van der Waals surface area contributed by atoms with E-state index in [1.807, 2.05) is 40.4 Å². The number of thiazole rings is 1. The molecule has 4 rings (SSSR count). The molecule has 0 aliphatic carbocycles. The zero-order valence-corrected chi connectivity index (χ0v) is 11.6. The van der Waals surface area contributed by atoms with Crippen LogP contribution in [-0.2, 0) is 0 Å². The lowest BCUT2D eigenvalue weighted by molar-refractivity contribution is 0.111. The summed E-state index contributed by atoms with van der Waals surface area (Å²) >= 11 is 2.83. The van der Waals surface area contributed by atoms with Crippen molar-refractivity contribution in [2.45, 2.75) is 10.2 Å². The lowest BCUT2D eigenvalue weighted by atomic mass is 10.5. The minimum absolute atomic E-state index is 0.541. The summed E-state index contributed by atoms with van der Waals surface area (Å²) in [4.78, 5) is 16.5. The van der Waals surface area contributed by atoms with Crippen LogP contribution in [0.2, 0.25) is 0 Å². The minimum atomic E-state index is 0.541. The summed E-state index contributed by atoms with van der Waals surface area (Å²) in [5.41, 5.74) is 1.31. The van der Waals surface area contributed by atoms with Crippen LogP contribution in [0.25, 0.3) is 10.6 Å². The average molecular weight is 301 g/mol. The molecule has 0 bridgehead atoms. The molecule has 4 aromatic heterocycles. The van der Waals surface area contributed by atoms with Crippen molar-refractivity contribution in [2.24, 2.45) is 0 Å². The maximum absolute atomic E-state index is 11.3. The van der Waals surface area contributed by atoms with E-state index in [1.54, 1.807) is 4.40 Å². The molecule has 0 fully saturated rings. The Bertz CT molecular complexity index is 922. The number of carbonyl (C=O) groups excluding carboxylic acids is 1. The molecule has 0 atom stereocenters. The number of rotatable bonds is 3. The maximum atomic E-state index is 11.3. The molecule has 4 aromatic rings. The highest BCUT2D eigenvalue weighted by molar-refractivity contribution is 7.99. The Kier molecular flexibility index (Phi) is 2.57. The Morgan fingerprint density at radius 1 is 1.20 bits per heavy atom. The zero-order chi connectivity index (χ0) is 13.5. The third-order valence-electron chi connectivity index (χ3n) is 2.85. The van der Waals surface area contributed by atoms with Gasteiger partial charge in [-0.1, -0.05) is 6.07 Å². The molecule has 0 N–H and O–H groups in total. The van der Waals surface area contributed by atoms with Crippen LogP contribution < -0.4 is 0 Å². The van der Waals surface area contributed by atoms with Crippen molar-refractivity contribution >= 4 is 40.0 Å². The van der Waals surface area contributed by atoms with E-state index in [-0.39, 0.29) is 0 Å². The van der Waals surface area contributed by atoms with Crippen LogP contribution in [0.4, 0.5) is 0 Å². The predicted octanol–water partition coefficient (Wildman–Crippen LogP) is 2.40. The standard InChI is InChI=1S/C12H7N5OS2/c18-7-8-10(13-11-16(8)5-6-19-11)20-12-15-14-9-3-1-2-4-17(9)12/h1-7H. The van der Waals surface area contributed by atoms with Gasteiger partial charge in [-0.15, -0.1) is 21.5 Å². The molecule has 6 nitrogen and oxygen atoms in total. The number of aldehydes is 1. The number of fused-ring (bicyclic) bond motifs is 2. The normalized spacial score (nSPS) is 11.4. The van der Waals surface area contributed by atoms with E-state index in [2.05, 4.69) is 15.2 Å². The second-order valence-electron chi connectivity index (χ2n) is 3.99. The predicted molar refractivity (Wildman–Crippen MR) is 75.6 cm³/mol. The summed E-state index contributed by atoms with van der Waals surface area (Å²) < 4.78 is 3.65. The first-order valence-corrected chi connectivity index (χ1v) is 7.45. The van der Waals surface area contributed by atoms with Gasteiger partial charge in [0.2, 0.25) is 5.16 Å². The number of carbonyl (C=O) groups is 1. The number of imidazole rings is 1. The highest BCUT2D eigenvalue weighted by atomic mass is 32.2. The third kappa shape index (κ3) is 1.65. The van der Waals surface area contributed by atoms with Crippen molar-refractivity contribution in [2.75, 3.05) is 0 Å². The number of hydrogen-bond acceptors (Lipinski definition) is 6. The first-order valence-electron chi connectivity index (χ1n) is 5.75. The molecule has 0 aliphatic heterocycles. The van der Waals surface area contributed by atoms with E-state index in [4.69, 9.17) is 0 Å². The van der Waals surface area contributed by atoms with Gasteiger partial charge in [-0.2, -0.15) is 0 Å². The van der Waals surface area contributed by atoms with E-state index in [1.165, 1.54) is 23.1 Å². The van der Waals surface area contributed by atoms with Crippen molar-refractivity contribution < 1.29 is 4.79 Å². The molecule has 0 saturated carbocycles. The van der Waals surface area contributed by atoms with Crippen molar-refractivity contribution in [1.82, 2.24) is 24.0 Å². The maximum Gasteiger partial charge on any atom is 0.201 e. The van der Waals surface area contributed by atoms with Gasteiger partial charge in [0.15, 0.2) is 16.9 Å². The van der Waals surface area contributed by atoms with Gasteiger partial charge >= 0.3 is 0 Å². The van der Waals surface area contributed by atoms with Crippen LogP contribution in [0.15, 0.2) is 46.2 Å². The summed E-state index contributed by atoms with van der Waals surface area (Å²) in [6.45, 7) is 0. The minimum Gasteiger partial charge on any atom is -0.296 e. The van der Waals surface area contributed by atoms with Crippen molar-refractivity contribution in [3.63, 3.8) is 0 Å². The smallest absolute Gasteiger partial charge is 0.201 e. The lowest BCUT2D eigenvalue weighted by Gasteiger charge is -1.97. The van der Waals surface area contributed by atoms with Gasteiger partial charge in [0.05, 0.1) is 0 Å². The largest absolute Gasteiger partial charge is 0.296 e. The molecule has 0 radical (unpaired) electrons. The summed E-state index contributed by atoms with van der Waals surface area (Å²) in [7, 11) is 0. The van der Waals surface area contributed by atoms with Crippen LogP contribution in [0.5, 0.6) is 0 Å². The average Bonchev–Trinajstić information content (AvgIpc) is 3.14. The number of hydrogen-bond donors (Lipinski definition) is 0. The van der Waals surface area contributed by atoms with E-state index >= 15 is 0 Å². The molecule has 0 spiro atoms. The molecular weight excluding hydrogens is 294 g/mol. The topological polar surface area (TPSA) is 64.6 Å². The molecule has 0 unspecified atom stereocenters. The van der Waals surface area contributed by atoms with Crippen LogP contribution in [0.3, 0.4) is 0 Å². The van der Waals surface area contributed by atoms with Crippen molar-refractivity contribution in [3.8, 4) is 0 Å². The number of pyridine rings is 1. The van der Waals surface area contributed by atoms with E-state index < -0.39 is 0 Å². The monoisotopic (exact) mass is 301 g/mol. The number of aromatic nitrogens is 5. The van der Waals surface area contributed by atoms with Crippen LogP contribution in [-0.4, -0.2) is 30.3 Å². The quantitative estimate of drug-likeness (QED) is 0.544. The summed E-state index contributed by atoms with van der Waals surface area (Å²) in [6.07, 6.45) is 4.54. The number of nitrogens with zero attached hydrogens (tertiary/aromatic N) is 5. The Morgan fingerprint density at radius 2 is 2.15 bits per heavy atom. The Labute approximate surface area is 121 Å². The van der Waals surface area contributed by atoms with Gasteiger partial charge in [-0.05, 0) is 23.9 Å². The molecule has 8 heteroatoms. The van der Waals surface area contributed by atoms with Crippen LogP contribution in [0.1, 0.15) is 10.5 Å².